The van der Waals surface area contributed by atoms with E-state index in [0.717, 1.165) is 34.0 Å². The third-order valence-electron chi connectivity index (χ3n) is 6.02. The molecule has 1 aromatic heterocycles. The molecule has 1 fully saturated rings. The van der Waals surface area contributed by atoms with Gasteiger partial charge in [0.2, 0.25) is 0 Å². The van der Waals surface area contributed by atoms with Gasteiger partial charge < -0.3 is 0 Å². The van der Waals surface area contributed by atoms with Crippen LogP contribution in [0.5, 0.6) is 0 Å². The minimum atomic E-state index is 0.556. The van der Waals surface area contributed by atoms with Gasteiger partial charge in [0.15, 0.2) is 0 Å². The smallest absolute Gasteiger partial charge is 0.0786 e. The van der Waals surface area contributed by atoms with Crippen molar-refractivity contribution < 1.29 is 1.37 Å². The Morgan fingerprint density at radius 1 is 1.00 bits per heavy atom. The van der Waals surface area contributed by atoms with E-state index in [-0.39, 0.29) is 0 Å². The molecule has 1 heterocycles. The number of hydrogen-bond acceptors (Lipinski definition) is 1. The highest BCUT2D eigenvalue weighted by Crippen LogP contribution is 2.54. The van der Waals surface area contributed by atoms with Crippen molar-refractivity contribution >= 4 is 10.8 Å². The topological polar surface area (TPSA) is 12.9 Å². The summed E-state index contributed by atoms with van der Waals surface area (Å²) in [6.07, 6.45) is 4.05. The lowest BCUT2D eigenvalue weighted by atomic mass is 9.87. The Labute approximate surface area is 145 Å². The Bertz CT molecular complexity index is 1030. The molecule has 120 valence electrons. The second-order valence-electron chi connectivity index (χ2n) is 7.72. The van der Waals surface area contributed by atoms with Crippen molar-refractivity contribution in [2.75, 3.05) is 0 Å². The van der Waals surface area contributed by atoms with Crippen molar-refractivity contribution in [1.29, 1.82) is 0 Å². The molecule has 3 aromatic rings. The third-order valence-corrected chi connectivity index (χ3v) is 6.02. The van der Waals surface area contributed by atoms with Gasteiger partial charge in [-0.2, -0.15) is 0 Å². The number of benzene rings is 2. The second-order valence-corrected chi connectivity index (χ2v) is 7.72. The number of rotatable bonds is 1. The maximum Gasteiger partial charge on any atom is 0.0786 e. The van der Waals surface area contributed by atoms with E-state index in [9.17, 15) is 0 Å². The first kappa shape index (κ1) is 13.2. The predicted octanol–water partition coefficient (Wildman–Crippen LogP) is 6.19. The molecule has 0 saturated heterocycles. The third kappa shape index (κ3) is 1.97. The SMILES string of the molecule is [2H]c1c(C)nc(-c2cc3c(cc2C)C2CCC3C2)c2ccc(C)cc12. The summed E-state index contributed by atoms with van der Waals surface area (Å²) >= 11 is 0. The maximum atomic E-state index is 8.43. The predicted molar refractivity (Wildman–Crippen MR) is 101 cm³/mol. The first-order valence-electron chi connectivity index (χ1n) is 9.55. The van der Waals surface area contributed by atoms with Crippen molar-refractivity contribution in [3.63, 3.8) is 0 Å². The van der Waals surface area contributed by atoms with Gasteiger partial charge in [0.05, 0.1) is 7.06 Å². The molecular formula is C23H23N. The zero-order valence-corrected chi connectivity index (χ0v) is 14.6. The van der Waals surface area contributed by atoms with Crippen LogP contribution in [0.4, 0.5) is 0 Å². The first-order valence-corrected chi connectivity index (χ1v) is 9.05. The lowest BCUT2D eigenvalue weighted by Gasteiger charge is -2.19. The van der Waals surface area contributed by atoms with Gasteiger partial charge in [-0.1, -0.05) is 29.8 Å². The zero-order valence-electron chi connectivity index (χ0n) is 15.6. The number of pyridine rings is 1. The quantitative estimate of drug-likeness (QED) is 0.521. The van der Waals surface area contributed by atoms with Crippen LogP contribution in [0.15, 0.2) is 36.4 Å². The van der Waals surface area contributed by atoms with E-state index >= 15 is 0 Å². The van der Waals surface area contributed by atoms with Gasteiger partial charge in [0.25, 0.3) is 0 Å². The van der Waals surface area contributed by atoms with Gasteiger partial charge in [-0.05, 0) is 86.1 Å². The molecule has 2 bridgehead atoms. The Morgan fingerprint density at radius 3 is 2.54 bits per heavy atom. The van der Waals surface area contributed by atoms with Crippen molar-refractivity contribution in [3.05, 3.63) is 64.3 Å². The van der Waals surface area contributed by atoms with Gasteiger partial charge in [0.1, 0.15) is 0 Å². The summed E-state index contributed by atoms with van der Waals surface area (Å²) in [6, 6.07) is 11.8. The molecule has 2 aromatic carbocycles. The van der Waals surface area contributed by atoms with Crippen LogP contribution in [0.25, 0.3) is 22.0 Å². The van der Waals surface area contributed by atoms with E-state index in [1.165, 1.54) is 36.0 Å². The maximum absolute atomic E-state index is 8.43. The summed E-state index contributed by atoms with van der Waals surface area (Å²) in [5.41, 5.74) is 8.78. The van der Waals surface area contributed by atoms with Crippen LogP contribution < -0.4 is 0 Å². The fraction of sp³-hybridized carbons (Fsp3) is 0.348. The molecule has 1 saturated carbocycles. The molecule has 24 heavy (non-hydrogen) atoms. The van der Waals surface area contributed by atoms with Crippen molar-refractivity contribution in [1.82, 2.24) is 4.98 Å². The van der Waals surface area contributed by atoms with Crippen LogP contribution in [-0.4, -0.2) is 4.98 Å². The van der Waals surface area contributed by atoms with Crippen LogP contribution in [-0.2, 0) is 0 Å². The minimum absolute atomic E-state index is 0.556. The highest BCUT2D eigenvalue weighted by Gasteiger charge is 2.37. The fourth-order valence-corrected chi connectivity index (χ4v) is 4.88. The average molecular weight is 314 g/mol. The molecule has 0 radical (unpaired) electrons. The summed E-state index contributed by atoms with van der Waals surface area (Å²) in [7, 11) is 0. The number of fused-ring (bicyclic) bond motifs is 6. The van der Waals surface area contributed by atoms with Gasteiger partial charge in [0, 0.05) is 16.6 Å². The molecule has 2 unspecified atom stereocenters. The van der Waals surface area contributed by atoms with Crippen LogP contribution in [0.3, 0.4) is 0 Å². The molecule has 2 aliphatic rings. The van der Waals surface area contributed by atoms with Crippen molar-refractivity contribution in [3.8, 4) is 11.3 Å². The summed E-state index contributed by atoms with van der Waals surface area (Å²) in [5, 5.41) is 2.12. The molecule has 1 nitrogen and oxygen atoms in total. The van der Waals surface area contributed by atoms with Crippen molar-refractivity contribution in [2.24, 2.45) is 0 Å². The summed E-state index contributed by atoms with van der Waals surface area (Å²) in [4.78, 5) is 4.86. The monoisotopic (exact) mass is 314 g/mol. The Kier molecular flexibility index (Phi) is 2.70. The molecule has 0 N–H and O–H groups in total. The van der Waals surface area contributed by atoms with Gasteiger partial charge >= 0.3 is 0 Å². The van der Waals surface area contributed by atoms with Crippen LogP contribution in [0.2, 0.25) is 0 Å². The van der Waals surface area contributed by atoms with E-state index in [0.29, 0.717) is 6.04 Å². The fourth-order valence-electron chi connectivity index (χ4n) is 4.88. The molecule has 0 spiro atoms. The molecule has 2 atom stereocenters. The molecule has 1 heteroatoms. The highest BCUT2D eigenvalue weighted by molar-refractivity contribution is 5.96. The Hall–Kier alpha value is -2.15. The zero-order chi connectivity index (χ0) is 17.3. The summed E-state index contributed by atoms with van der Waals surface area (Å²) < 4.78 is 8.43. The standard InChI is InChI=1S/C23H23N/c1-13-4-7-19-18(8-13)10-15(3)24-23(19)20-12-22-17-6-5-16(11-17)21(22)9-14(20)2/h4,7-10,12,16-17H,5-6,11H2,1-3H3/i10D. The normalized spacial score (nSPS) is 22.0. The molecule has 0 amide bonds. The largest absolute Gasteiger partial charge is 0.252 e. The van der Waals surface area contributed by atoms with E-state index in [2.05, 4.69) is 44.2 Å². The Morgan fingerprint density at radius 2 is 1.75 bits per heavy atom. The van der Waals surface area contributed by atoms with E-state index < -0.39 is 0 Å². The number of hydrogen-bond donors (Lipinski definition) is 0. The summed E-state index contributed by atoms with van der Waals surface area (Å²) in [5.74, 6) is 1.54. The summed E-state index contributed by atoms with van der Waals surface area (Å²) in [6.45, 7) is 6.26. The van der Waals surface area contributed by atoms with Crippen molar-refractivity contribution in [2.45, 2.75) is 51.9 Å². The lowest BCUT2D eigenvalue weighted by Crippen LogP contribution is -2.01. The van der Waals surface area contributed by atoms with Crippen LogP contribution in [0.1, 0.15) is 60.4 Å². The van der Waals surface area contributed by atoms with Gasteiger partial charge in [-0.3, -0.25) is 4.98 Å². The van der Waals surface area contributed by atoms with E-state index in [1.54, 1.807) is 11.1 Å². The van der Waals surface area contributed by atoms with Crippen LogP contribution >= 0.6 is 0 Å². The number of nitrogens with zero attached hydrogens (tertiary/aromatic N) is 1. The average Bonchev–Trinajstić information content (AvgIpc) is 3.19. The minimum Gasteiger partial charge on any atom is -0.252 e. The first-order chi connectivity index (χ1) is 12.0. The van der Waals surface area contributed by atoms with Gasteiger partial charge in [-0.15, -0.1) is 0 Å². The number of aryl methyl sites for hydroxylation is 3. The molecule has 5 rings (SSSR count). The van der Waals surface area contributed by atoms with E-state index in [1.807, 2.05) is 6.92 Å². The highest BCUT2D eigenvalue weighted by atomic mass is 14.7. The molecular weight excluding hydrogens is 290 g/mol. The van der Waals surface area contributed by atoms with Crippen LogP contribution in [0, 0.1) is 20.8 Å². The lowest BCUT2D eigenvalue weighted by molar-refractivity contribution is 0.717. The molecule has 2 aliphatic carbocycles. The Balaban J connectivity index is 1.80. The van der Waals surface area contributed by atoms with E-state index in [4.69, 9.17) is 6.35 Å². The van der Waals surface area contributed by atoms with Gasteiger partial charge in [-0.25, -0.2) is 0 Å². The molecule has 0 aliphatic heterocycles. The number of aromatic nitrogens is 1. The second kappa shape index (κ2) is 4.92.